The highest BCUT2D eigenvalue weighted by atomic mass is 16.3. The molecule has 3 heteroatoms. The van der Waals surface area contributed by atoms with Crippen molar-refractivity contribution in [2.45, 2.75) is 38.7 Å². The molecule has 0 fully saturated rings. The monoisotopic (exact) mass is 235 g/mol. The zero-order chi connectivity index (χ0) is 12.9. The Bertz CT molecular complexity index is 354. The molecule has 0 aliphatic carbocycles. The minimum absolute atomic E-state index is 0.0270. The molecule has 0 aromatic heterocycles. The SMILES string of the molecule is CCC(C(=O)NCC(C)(C)O)c1ccccc1. The van der Waals surface area contributed by atoms with Gasteiger partial charge in [-0.1, -0.05) is 37.3 Å². The molecule has 0 bridgehead atoms. The van der Waals surface area contributed by atoms with Gasteiger partial charge in [-0.25, -0.2) is 0 Å². The van der Waals surface area contributed by atoms with Gasteiger partial charge in [-0.05, 0) is 25.8 Å². The summed E-state index contributed by atoms with van der Waals surface area (Å²) in [5.41, 5.74) is 0.146. The minimum atomic E-state index is -0.870. The van der Waals surface area contributed by atoms with Gasteiger partial charge >= 0.3 is 0 Å². The predicted molar refractivity (Wildman–Crippen MR) is 68.8 cm³/mol. The van der Waals surface area contributed by atoms with Gasteiger partial charge in [0.15, 0.2) is 0 Å². The zero-order valence-corrected chi connectivity index (χ0v) is 10.7. The summed E-state index contributed by atoms with van der Waals surface area (Å²) in [5.74, 6) is -0.167. The van der Waals surface area contributed by atoms with Crippen LogP contribution in [0.3, 0.4) is 0 Å². The minimum Gasteiger partial charge on any atom is -0.389 e. The molecular formula is C14H21NO2. The second kappa shape index (κ2) is 5.82. The summed E-state index contributed by atoms with van der Waals surface area (Å²) in [4.78, 5) is 12.0. The fourth-order valence-electron chi connectivity index (χ4n) is 1.68. The Labute approximate surface area is 103 Å². The molecule has 0 aliphatic rings. The molecule has 0 radical (unpaired) electrons. The van der Waals surface area contributed by atoms with Crippen molar-refractivity contribution in [1.82, 2.24) is 5.32 Å². The molecule has 3 nitrogen and oxygen atoms in total. The third-order valence-corrected chi connectivity index (χ3v) is 2.62. The lowest BCUT2D eigenvalue weighted by atomic mass is 9.95. The van der Waals surface area contributed by atoms with E-state index in [9.17, 15) is 9.90 Å². The number of rotatable bonds is 5. The van der Waals surface area contributed by atoms with Crippen molar-refractivity contribution in [3.05, 3.63) is 35.9 Å². The number of carbonyl (C=O) groups is 1. The molecule has 1 aromatic rings. The van der Waals surface area contributed by atoms with Crippen LogP contribution in [0.2, 0.25) is 0 Å². The van der Waals surface area contributed by atoms with Crippen LogP contribution in [0.25, 0.3) is 0 Å². The van der Waals surface area contributed by atoms with Crippen LogP contribution in [0.1, 0.15) is 38.7 Å². The molecule has 1 atom stereocenters. The highest BCUT2D eigenvalue weighted by Gasteiger charge is 2.20. The van der Waals surface area contributed by atoms with Crippen LogP contribution in [-0.4, -0.2) is 23.2 Å². The van der Waals surface area contributed by atoms with Crippen LogP contribution >= 0.6 is 0 Å². The van der Waals surface area contributed by atoms with Crippen LogP contribution in [0.4, 0.5) is 0 Å². The van der Waals surface area contributed by atoms with Crippen LogP contribution in [0.15, 0.2) is 30.3 Å². The van der Waals surface area contributed by atoms with Crippen LogP contribution in [0, 0.1) is 0 Å². The Balaban J connectivity index is 2.66. The zero-order valence-electron chi connectivity index (χ0n) is 10.7. The van der Waals surface area contributed by atoms with Gasteiger partial charge in [0.05, 0.1) is 11.5 Å². The largest absolute Gasteiger partial charge is 0.389 e. The first-order valence-electron chi connectivity index (χ1n) is 5.99. The molecule has 1 aromatic carbocycles. The summed E-state index contributed by atoms with van der Waals surface area (Å²) in [7, 11) is 0. The quantitative estimate of drug-likeness (QED) is 0.820. The van der Waals surface area contributed by atoms with Gasteiger partial charge in [0.2, 0.25) is 5.91 Å². The highest BCUT2D eigenvalue weighted by molar-refractivity contribution is 5.83. The first-order chi connectivity index (χ1) is 7.94. The lowest BCUT2D eigenvalue weighted by Gasteiger charge is -2.21. The number of hydrogen-bond donors (Lipinski definition) is 2. The lowest BCUT2D eigenvalue weighted by Crippen LogP contribution is -2.40. The van der Waals surface area contributed by atoms with E-state index in [-0.39, 0.29) is 18.4 Å². The topological polar surface area (TPSA) is 49.3 Å². The molecule has 1 unspecified atom stereocenters. The molecule has 0 spiro atoms. The van der Waals surface area contributed by atoms with Gasteiger partial charge in [-0.2, -0.15) is 0 Å². The maximum atomic E-state index is 12.0. The average Bonchev–Trinajstić information content (AvgIpc) is 2.28. The Kier molecular flexibility index (Phi) is 4.70. The average molecular weight is 235 g/mol. The third-order valence-electron chi connectivity index (χ3n) is 2.62. The second-order valence-corrected chi connectivity index (χ2v) is 4.90. The van der Waals surface area contributed by atoms with E-state index in [4.69, 9.17) is 0 Å². The van der Waals surface area contributed by atoms with Crippen molar-refractivity contribution in [2.75, 3.05) is 6.54 Å². The fourth-order valence-corrected chi connectivity index (χ4v) is 1.68. The summed E-state index contributed by atoms with van der Waals surface area (Å²) < 4.78 is 0. The lowest BCUT2D eigenvalue weighted by molar-refractivity contribution is -0.123. The Hall–Kier alpha value is -1.35. The van der Waals surface area contributed by atoms with Gasteiger partial charge in [-0.3, -0.25) is 4.79 Å². The number of hydrogen-bond acceptors (Lipinski definition) is 2. The van der Waals surface area contributed by atoms with Crippen LogP contribution < -0.4 is 5.32 Å². The number of amides is 1. The van der Waals surface area contributed by atoms with Crippen molar-refractivity contribution in [1.29, 1.82) is 0 Å². The predicted octanol–water partition coefficient (Wildman–Crippen LogP) is 2.07. The van der Waals surface area contributed by atoms with Crippen LogP contribution in [0.5, 0.6) is 0 Å². The van der Waals surface area contributed by atoms with Crippen molar-refractivity contribution in [2.24, 2.45) is 0 Å². The van der Waals surface area contributed by atoms with Gasteiger partial charge < -0.3 is 10.4 Å². The highest BCUT2D eigenvalue weighted by Crippen LogP contribution is 2.19. The van der Waals surface area contributed by atoms with Crippen molar-refractivity contribution >= 4 is 5.91 Å². The van der Waals surface area contributed by atoms with Crippen molar-refractivity contribution in [3.63, 3.8) is 0 Å². The summed E-state index contributed by atoms with van der Waals surface area (Å²) in [6, 6.07) is 9.71. The second-order valence-electron chi connectivity index (χ2n) is 4.90. The molecule has 0 saturated heterocycles. The molecule has 0 heterocycles. The van der Waals surface area contributed by atoms with Gasteiger partial charge in [0, 0.05) is 6.54 Å². The van der Waals surface area contributed by atoms with Gasteiger partial charge in [-0.15, -0.1) is 0 Å². The van der Waals surface area contributed by atoms with Gasteiger partial charge in [0.25, 0.3) is 0 Å². The van der Waals surface area contributed by atoms with E-state index in [1.165, 1.54) is 0 Å². The maximum absolute atomic E-state index is 12.0. The van der Waals surface area contributed by atoms with E-state index in [0.29, 0.717) is 0 Å². The fraction of sp³-hybridized carbons (Fsp3) is 0.500. The summed E-state index contributed by atoms with van der Waals surface area (Å²) >= 11 is 0. The Morgan fingerprint density at radius 2 is 1.94 bits per heavy atom. The van der Waals surface area contributed by atoms with Crippen molar-refractivity contribution < 1.29 is 9.90 Å². The molecule has 17 heavy (non-hydrogen) atoms. The van der Waals surface area contributed by atoms with E-state index < -0.39 is 5.60 Å². The normalized spacial score (nSPS) is 13.2. The van der Waals surface area contributed by atoms with E-state index in [0.717, 1.165) is 12.0 Å². The van der Waals surface area contributed by atoms with Gasteiger partial charge in [0.1, 0.15) is 0 Å². The number of carbonyl (C=O) groups excluding carboxylic acids is 1. The van der Waals surface area contributed by atoms with E-state index >= 15 is 0 Å². The molecule has 0 saturated carbocycles. The Morgan fingerprint density at radius 1 is 1.35 bits per heavy atom. The first-order valence-corrected chi connectivity index (χ1v) is 5.99. The smallest absolute Gasteiger partial charge is 0.227 e. The molecule has 94 valence electrons. The van der Waals surface area contributed by atoms with Crippen molar-refractivity contribution in [3.8, 4) is 0 Å². The molecular weight excluding hydrogens is 214 g/mol. The summed E-state index contributed by atoms with van der Waals surface area (Å²) in [5, 5.41) is 12.4. The molecule has 2 N–H and O–H groups in total. The standard InChI is InChI=1S/C14H21NO2/c1-4-12(11-8-6-5-7-9-11)13(16)15-10-14(2,3)17/h5-9,12,17H,4,10H2,1-3H3,(H,15,16). The number of aliphatic hydroxyl groups is 1. The molecule has 0 aliphatic heterocycles. The van der Waals surface area contributed by atoms with Crippen LogP contribution in [-0.2, 0) is 4.79 Å². The van der Waals surface area contributed by atoms with E-state index in [1.54, 1.807) is 13.8 Å². The third kappa shape index (κ3) is 4.57. The number of benzene rings is 1. The Morgan fingerprint density at radius 3 is 2.41 bits per heavy atom. The maximum Gasteiger partial charge on any atom is 0.227 e. The summed E-state index contributed by atoms with van der Waals surface area (Å²) in [6.07, 6.45) is 0.752. The molecule has 1 amide bonds. The summed E-state index contributed by atoms with van der Waals surface area (Å²) in [6.45, 7) is 5.62. The first kappa shape index (κ1) is 13.7. The van der Waals surface area contributed by atoms with E-state index in [2.05, 4.69) is 5.32 Å². The molecule has 1 rings (SSSR count). The number of nitrogens with one attached hydrogen (secondary N) is 1. The van der Waals surface area contributed by atoms with E-state index in [1.807, 2.05) is 37.3 Å².